The van der Waals surface area contributed by atoms with Gasteiger partial charge in [-0.05, 0) is 75.5 Å². The van der Waals surface area contributed by atoms with Gasteiger partial charge in [0.15, 0.2) is 0 Å². The zero-order chi connectivity index (χ0) is 25.2. The molecule has 0 spiro atoms. The van der Waals surface area contributed by atoms with Gasteiger partial charge in [0.2, 0.25) is 0 Å². The molecule has 1 heterocycles. The van der Waals surface area contributed by atoms with E-state index in [0.29, 0.717) is 11.4 Å². The summed E-state index contributed by atoms with van der Waals surface area (Å²) in [5.41, 5.74) is 13.2. The Labute approximate surface area is 219 Å². The van der Waals surface area contributed by atoms with Crippen molar-refractivity contribution in [3.63, 3.8) is 0 Å². The summed E-state index contributed by atoms with van der Waals surface area (Å²) in [6.07, 6.45) is 5.89. The molecule has 5 aromatic carbocycles. The summed E-state index contributed by atoms with van der Waals surface area (Å²) < 4.78 is 2.30. The average Bonchev–Trinajstić information content (AvgIpc) is 3.25. The van der Waals surface area contributed by atoms with Crippen LogP contribution in [0.15, 0.2) is 126 Å². The summed E-state index contributed by atoms with van der Waals surface area (Å²) in [6.45, 7) is 0. The van der Waals surface area contributed by atoms with Gasteiger partial charge in [-0.3, -0.25) is 10.8 Å². The van der Waals surface area contributed by atoms with E-state index in [4.69, 9.17) is 5.41 Å². The molecule has 2 aliphatic rings. The molecule has 0 atom stereocenters. The third kappa shape index (κ3) is 2.91. The van der Waals surface area contributed by atoms with E-state index < -0.39 is 0 Å². The first kappa shape index (κ1) is 20.9. The maximum atomic E-state index is 8.76. The lowest BCUT2D eigenvalue weighted by molar-refractivity contribution is 1.24. The lowest BCUT2D eigenvalue weighted by Gasteiger charge is -2.16. The highest BCUT2D eigenvalue weighted by Gasteiger charge is 2.25. The van der Waals surface area contributed by atoms with Crippen molar-refractivity contribution in [3.05, 3.63) is 121 Å². The predicted molar refractivity (Wildman–Crippen MR) is 160 cm³/mol. The van der Waals surface area contributed by atoms with E-state index in [-0.39, 0.29) is 0 Å². The Hall–Kier alpha value is -5.22. The normalized spacial score (nSPS) is 15.0. The Kier molecular flexibility index (Phi) is 4.34. The number of para-hydroxylation sites is 1. The van der Waals surface area contributed by atoms with Gasteiger partial charge in [-0.25, -0.2) is 0 Å². The van der Waals surface area contributed by atoms with Crippen molar-refractivity contribution in [2.24, 2.45) is 5.10 Å². The fraction of sp³-hybridized carbons (Fsp3) is 0. The van der Waals surface area contributed by atoms with E-state index in [1.165, 1.54) is 43.8 Å². The summed E-state index contributed by atoms with van der Waals surface area (Å²) >= 11 is 0. The van der Waals surface area contributed by atoms with Crippen molar-refractivity contribution < 1.29 is 0 Å². The largest absolute Gasteiger partial charge is 0.309 e. The van der Waals surface area contributed by atoms with Crippen molar-refractivity contribution in [1.82, 2.24) is 4.57 Å². The van der Waals surface area contributed by atoms with Crippen LogP contribution in [0.3, 0.4) is 0 Å². The van der Waals surface area contributed by atoms with Crippen LogP contribution in [0, 0.1) is 5.41 Å². The van der Waals surface area contributed by atoms with Gasteiger partial charge in [-0.1, -0.05) is 78.9 Å². The molecule has 8 rings (SSSR count). The average molecular weight is 487 g/mol. The van der Waals surface area contributed by atoms with E-state index in [9.17, 15) is 0 Å². The van der Waals surface area contributed by atoms with Crippen molar-refractivity contribution in [2.75, 3.05) is 5.43 Å². The second-order valence-electron chi connectivity index (χ2n) is 9.74. The fourth-order valence-electron chi connectivity index (χ4n) is 6.00. The molecule has 0 saturated heterocycles. The fourth-order valence-corrected chi connectivity index (χ4v) is 6.00. The van der Waals surface area contributed by atoms with Crippen molar-refractivity contribution in [2.45, 2.75) is 0 Å². The first-order valence-corrected chi connectivity index (χ1v) is 12.7. The maximum Gasteiger partial charge on any atom is 0.108 e. The van der Waals surface area contributed by atoms with Gasteiger partial charge in [0.1, 0.15) is 5.71 Å². The number of nitrogens with one attached hydrogen (secondary N) is 2. The number of hydrazone groups is 1. The minimum atomic E-state index is 0.371. The smallest absolute Gasteiger partial charge is 0.108 e. The van der Waals surface area contributed by atoms with E-state index in [1.54, 1.807) is 0 Å². The van der Waals surface area contributed by atoms with Crippen LogP contribution in [0.25, 0.3) is 60.5 Å². The Morgan fingerprint density at radius 3 is 2.05 bits per heavy atom. The number of anilines is 1. The van der Waals surface area contributed by atoms with Gasteiger partial charge in [-0.2, -0.15) is 5.10 Å². The molecular weight excluding hydrogens is 464 g/mol. The van der Waals surface area contributed by atoms with Crippen LogP contribution in [-0.2, 0) is 0 Å². The van der Waals surface area contributed by atoms with Crippen LogP contribution >= 0.6 is 0 Å². The Balaban J connectivity index is 1.37. The zero-order valence-corrected chi connectivity index (χ0v) is 20.4. The standard InChI is InChI=1S/C34H22N4/c35-28-20-23(17-18-29(28)37-36-22-9-2-1-3-10-22)38-30-15-7-14-27-25-12-5-4-11-24(25)26-13-6-8-21-16-19-31(38)34(32(21)26)33(27)30/h1-20,35-36H/b35-28?,37-29-. The molecule has 178 valence electrons. The second kappa shape index (κ2) is 7.89. The van der Waals surface area contributed by atoms with Crippen LogP contribution in [-0.4, -0.2) is 16.0 Å². The Bertz CT molecular complexity index is 2060. The van der Waals surface area contributed by atoms with Crippen molar-refractivity contribution in [3.8, 4) is 22.3 Å². The number of benzene rings is 5. The molecule has 4 nitrogen and oxygen atoms in total. The molecule has 6 aromatic rings. The number of allylic oxidation sites excluding steroid dienone is 4. The molecule has 1 aromatic heterocycles. The van der Waals surface area contributed by atoms with E-state index in [0.717, 1.165) is 22.4 Å². The highest BCUT2D eigenvalue weighted by molar-refractivity contribution is 6.51. The lowest BCUT2D eigenvalue weighted by atomic mass is 9.93. The van der Waals surface area contributed by atoms with Crippen LogP contribution in [0.5, 0.6) is 0 Å². The molecule has 2 aliphatic carbocycles. The molecular formula is C34H22N4. The molecule has 0 bridgehead atoms. The SMILES string of the molecule is N=C1C=C(n2c3cccc4c3c3c5c(cccc5ccc32)-c2ccccc2-4)C=C/C1=N/Nc1ccccc1. The molecule has 0 saturated carbocycles. The highest BCUT2D eigenvalue weighted by Crippen LogP contribution is 2.49. The second-order valence-corrected chi connectivity index (χ2v) is 9.74. The third-order valence-electron chi connectivity index (χ3n) is 7.62. The molecule has 38 heavy (non-hydrogen) atoms. The number of rotatable bonds is 3. The molecule has 0 fully saturated rings. The quantitative estimate of drug-likeness (QED) is 0.191. The summed E-state index contributed by atoms with van der Waals surface area (Å²) in [5.74, 6) is 0. The molecule has 0 unspecified atom stereocenters. The van der Waals surface area contributed by atoms with E-state index in [1.807, 2.05) is 42.5 Å². The van der Waals surface area contributed by atoms with Gasteiger partial charge in [-0.15, -0.1) is 0 Å². The minimum Gasteiger partial charge on any atom is -0.309 e. The number of hydrogen-bond donors (Lipinski definition) is 2. The van der Waals surface area contributed by atoms with Crippen LogP contribution in [0.4, 0.5) is 5.69 Å². The topological polar surface area (TPSA) is 53.2 Å². The Morgan fingerprint density at radius 1 is 0.579 bits per heavy atom. The van der Waals surface area contributed by atoms with Gasteiger partial charge in [0.05, 0.1) is 22.4 Å². The van der Waals surface area contributed by atoms with Gasteiger partial charge in [0.25, 0.3) is 0 Å². The van der Waals surface area contributed by atoms with Crippen LogP contribution in [0.1, 0.15) is 0 Å². The summed E-state index contributed by atoms with van der Waals surface area (Å²) in [7, 11) is 0. The molecule has 0 radical (unpaired) electrons. The van der Waals surface area contributed by atoms with Gasteiger partial charge < -0.3 is 4.57 Å². The van der Waals surface area contributed by atoms with E-state index in [2.05, 4.69) is 94.0 Å². The minimum absolute atomic E-state index is 0.371. The third-order valence-corrected chi connectivity index (χ3v) is 7.62. The summed E-state index contributed by atoms with van der Waals surface area (Å²) in [4.78, 5) is 0. The monoisotopic (exact) mass is 486 g/mol. The number of nitrogens with zero attached hydrogens (tertiary/aromatic N) is 2. The zero-order valence-electron chi connectivity index (χ0n) is 20.4. The van der Waals surface area contributed by atoms with Crippen LogP contribution in [0.2, 0.25) is 0 Å². The van der Waals surface area contributed by atoms with Crippen molar-refractivity contribution >= 4 is 55.4 Å². The predicted octanol–water partition coefficient (Wildman–Crippen LogP) is 8.49. The van der Waals surface area contributed by atoms with Gasteiger partial charge in [0, 0.05) is 16.5 Å². The summed E-state index contributed by atoms with van der Waals surface area (Å²) in [5, 5.41) is 18.3. The molecule has 0 aliphatic heterocycles. The first-order chi connectivity index (χ1) is 18.8. The molecule has 2 N–H and O–H groups in total. The molecule has 0 amide bonds. The first-order valence-electron chi connectivity index (χ1n) is 12.7. The number of aromatic nitrogens is 1. The number of hydrogen-bond acceptors (Lipinski definition) is 3. The van der Waals surface area contributed by atoms with E-state index >= 15 is 0 Å². The Morgan fingerprint density at radius 2 is 1.26 bits per heavy atom. The van der Waals surface area contributed by atoms with Crippen LogP contribution < -0.4 is 5.43 Å². The highest BCUT2D eigenvalue weighted by atomic mass is 15.3. The van der Waals surface area contributed by atoms with Gasteiger partial charge >= 0.3 is 0 Å². The number of fused-ring (bicyclic) bond motifs is 3. The lowest BCUT2D eigenvalue weighted by Crippen LogP contribution is -2.15. The maximum absolute atomic E-state index is 8.76. The summed E-state index contributed by atoms with van der Waals surface area (Å²) in [6, 6.07) is 36.1. The van der Waals surface area contributed by atoms with Crippen molar-refractivity contribution in [1.29, 1.82) is 5.41 Å². The molecule has 4 heteroatoms.